The molecule has 0 unspecified atom stereocenters. The largest absolute Gasteiger partial charge is 0.338 e. The highest BCUT2D eigenvalue weighted by molar-refractivity contribution is 5.80. The van der Waals surface area contributed by atoms with E-state index < -0.39 is 0 Å². The minimum Gasteiger partial charge on any atom is -0.338 e. The maximum Gasteiger partial charge on any atom is 0.227 e. The Labute approximate surface area is 167 Å². The predicted molar refractivity (Wildman–Crippen MR) is 109 cm³/mol. The molecule has 6 rings (SSSR count). The van der Waals surface area contributed by atoms with Gasteiger partial charge in [-0.15, -0.1) is 0 Å². The van der Waals surface area contributed by atoms with Crippen LogP contribution in [-0.2, 0) is 17.9 Å². The van der Waals surface area contributed by atoms with E-state index >= 15 is 0 Å². The summed E-state index contributed by atoms with van der Waals surface area (Å²) in [5, 5.41) is 4.28. The van der Waals surface area contributed by atoms with Gasteiger partial charge in [-0.25, -0.2) is 0 Å². The molecule has 1 amide bonds. The van der Waals surface area contributed by atoms with Gasteiger partial charge in [-0.1, -0.05) is 30.7 Å². The lowest BCUT2D eigenvalue weighted by Crippen LogP contribution is -2.50. The predicted octanol–water partition coefficient (Wildman–Crippen LogP) is 3.15. The fourth-order valence-corrected chi connectivity index (χ4v) is 5.04. The van der Waals surface area contributed by atoms with Crippen LogP contribution < -0.4 is 0 Å². The molecule has 5 heteroatoms. The number of hydrogen-bond acceptors (Lipinski definition) is 3. The van der Waals surface area contributed by atoms with E-state index in [0.29, 0.717) is 11.9 Å². The zero-order valence-electron chi connectivity index (χ0n) is 16.5. The molecule has 1 aromatic carbocycles. The summed E-state index contributed by atoms with van der Waals surface area (Å²) < 4.78 is 1.95. The van der Waals surface area contributed by atoms with Crippen LogP contribution in [0.25, 0.3) is 0 Å². The summed E-state index contributed by atoms with van der Waals surface area (Å²) in [5.74, 6) is 1.40. The Balaban J connectivity index is 1.23. The molecule has 1 aliphatic carbocycles. The number of rotatable bonds is 6. The summed E-state index contributed by atoms with van der Waals surface area (Å²) in [6.07, 6.45) is 10.0. The van der Waals surface area contributed by atoms with Gasteiger partial charge in [0.2, 0.25) is 5.91 Å². The number of piperidine rings is 1. The third-order valence-corrected chi connectivity index (χ3v) is 6.88. The lowest BCUT2D eigenvalue weighted by atomic mass is 9.83. The van der Waals surface area contributed by atoms with Crippen LogP contribution in [0.15, 0.2) is 42.7 Å². The number of fused-ring (bicyclic) bond motifs is 4. The van der Waals surface area contributed by atoms with Crippen LogP contribution in [-0.4, -0.2) is 51.2 Å². The Hall–Kier alpha value is -2.14. The van der Waals surface area contributed by atoms with Gasteiger partial charge in [0.1, 0.15) is 0 Å². The highest BCUT2D eigenvalue weighted by Gasteiger charge is 2.41. The highest BCUT2D eigenvalue weighted by Crippen LogP contribution is 2.34. The normalized spacial score (nSPS) is 25.7. The van der Waals surface area contributed by atoms with Crippen molar-refractivity contribution in [3.8, 4) is 0 Å². The Morgan fingerprint density at radius 3 is 2.43 bits per heavy atom. The molecule has 0 spiro atoms. The Kier molecular flexibility index (Phi) is 4.93. The number of benzene rings is 1. The van der Waals surface area contributed by atoms with E-state index in [4.69, 9.17) is 0 Å². The fourth-order valence-electron chi connectivity index (χ4n) is 5.04. The van der Waals surface area contributed by atoms with Gasteiger partial charge in [0.25, 0.3) is 0 Å². The summed E-state index contributed by atoms with van der Waals surface area (Å²) in [5.41, 5.74) is 2.61. The molecule has 4 fully saturated rings. The number of carbonyl (C=O) groups is 1. The second-order valence-corrected chi connectivity index (χ2v) is 8.93. The summed E-state index contributed by atoms with van der Waals surface area (Å²) in [6.45, 7) is 4.72. The third kappa shape index (κ3) is 3.72. The maximum atomic E-state index is 13.0. The van der Waals surface area contributed by atoms with E-state index in [1.54, 1.807) is 0 Å². The Bertz CT molecular complexity index is 797. The van der Waals surface area contributed by atoms with Gasteiger partial charge in [-0.3, -0.25) is 14.4 Å². The molecule has 3 saturated heterocycles. The zero-order valence-corrected chi connectivity index (χ0v) is 16.5. The van der Waals surface area contributed by atoms with E-state index in [1.165, 1.54) is 36.8 Å². The summed E-state index contributed by atoms with van der Waals surface area (Å²) in [7, 11) is 0. The average Bonchev–Trinajstić information content (AvgIpc) is 3.03. The average molecular weight is 379 g/mol. The topological polar surface area (TPSA) is 41.4 Å². The summed E-state index contributed by atoms with van der Waals surface area (Å²) in [6, 6.07) is 11.3. The first-order chi connectivity index (χ1) is 13.7. The van der Waals surface area contributed by atoms with Gasteiger partial charge in [-0.05, 0) is 48.8 Å². The van der Waals surface area contributed by atoms with Gasteiger partial charge in [0, 0.05) is 44.6 Å². The standard InChI is InChI=1S/C23H30N4O/c28-23-21-9-10-22(27(23)15-18-3-1-4-18)17-25(16-21)13-19-5-7-20(8-6-19)14-26-12-2-11-24-26/h2,5-8,11-12,18,21-22H,1,3-4,9-10,13-17H2/t21-,22+/m0/s1. The number of aromatic nitrogens is 2. The van der Waals surface area contributed by atoms with Gasteiger partial charge in [-0.2, -0.15) is 5.10 Å². The molecule has 28 heavy (non-hydrogen) atoms. The molecule has 2 atom stereocenters. The maximum absolute atomic E-state index is 13.0. The monoisotopic (exact) mass is 378 g/mol. The molecule has 148 valence electrons. The molecule has 0 N–H and O–H groups in total. The minimum absolute atomic E-state index is 0.206. The van der Waals surface area contributed by atoms with Crippen LogP contribution in [0.4, 0.5) is 0 Å². The van der Waals surface area contributed by atoms with Crippen molar-refractivity contribution in [2.75, 3.05) is 19.6 Å². The first-order valence-electron chi connectivity index (χ1n) is 10.8. The van der Waals surface area contributed by atoms with Crippen molar-refractivity contribution in [3.05, 3.63) is 53.9 Å². The molecule has 3 aliphatic heterocycles. The molecule has 5 nitrogen and oxygen atoms in total. The van der Waals surface area contributed by atoms with E-state index in [0.717, 1.165) is 45.1 Å². The first kappa shape index (κ1) is 17.9. The lowest BCUT2D eigenvalue weighted by Gasteiger charge is -2.40. The Morgan fingerprint density at radius 1 is 0.964 bits per heavy atom. The number of carbonyl (C=O) groups excluding carboxylic acids is 1. The summed E-state index contributed by atoms with van der Waals surface area (Å²) >= 11 is 0. The van der Waals surface area contributed by atoms with Crippen molar-refractivity contribution in [3.63, 3.8) is 0 Å². The molecule has 2 bridgehead atoms. The SMILES string of the molecule is O=C1[C@H]2CC[C@H](CN(Cc3ccc(Cn4cccn4)cc3)C2)N1CC1CCC1. The van der Waals surface area contributed by atoms with E-state index in [2.05, 4.69) is 39.2 Å². The molecule has 4 aliphatic rings. The van der Waals surface area contributed by atoms with Gasteiger partial charge in [0.05, 0.1) is 12.5 Å². The van der Waals surface area contributed by atoms with Gasteiger partial charge in [0.15, 0.2) is 0 Å². The van der Waals surface area contributed by atoms with Gasteiger partial charge < -0.3 is 4.90 Å². The molecule has 1 saturated carbocycles. The van der Waals surface area contributed by atoms with Crippen molar-refractivity contribution >= 4 is 5.91 Å². The first-order valence-corrected chi connectivity index (χ1v) is 10.8. The zero-order chi connectivity index (χ0) is 18.9. The lowest BCUT2D eigenvalue weighted by molar-refractivity contribution is -0.141. The smallest absolute Gasteiger partial charge is 0.227 e. The summed E-state index contributed by atoms with van der Waals surface area (Å²) in [4.78, 5) is 17.7. The highest BCUT2D eigenvalue weighted by atomic mass is 16.2. The second-order valence-electron chi connectivity index (χ2n) is 8.93. The van der Waals surface area contributed by atoms with Crippen molar-refractivity contribution in [2.45, 2.75) is 51.2 Å². The number of nitrogens with zero attached hydrogens (tertiary/aromatic N) is 4. The van der Waals surface area contributed by atoms with Crippen LogP contribution in [0.3, 0.4) is 0 Å². The van der Waals surface area contributed by atoms with Crippen molar-refractivity contribution in [1.29, 1.82) is 0 Å². The molecule has 1 aromatic heterocycles. The quantitative estimate of drug-likeness (QED) is 0.775. The molecular formula is C23H30N4O. The molecule has 0 radical (unpaired) electrons. The number of hydrogen-bond donors (Lipinski definition) is 0. The molecular weight excluding hydrogens is 348 g/mol. The minimum atomic E-state index is 0.206. The van der Waals surface area contributed by atoms with E-state index in [9.17, 15) is 4.79 Å². The fraction of sp³-hybridized carbons (Fsp3) is 0.565. The van der Waals surface area contributed by atoms with Crippen LogP contribution >= 0.6 is 0 Å². The third-order valence-electron chi connectivity index (χ3n) is 6.88. The van der Waals surface area contributed by atoms with Crippen LogP contribution in [0.1, 0.15) is 43.2 Å². The van der Waals surface area contributed by atoms with Crippen molar-refractivity contribution in [1.82, 2.24) is 19.6 Å². The van der Waals surface area contributed by atoms with E-state index in [-0.39, 0.29) is 5.92 Å². The van der Waals surface area contributed by atoms with Crippen LogP contribution in [0, 0.1) is 11.8 Å². The molecule has 4 heterocycles. The van der Waals surface area contributed by atoms with Crippen molar-refractivity contribution < 1.29 is 4.79 Å². The number of amides is 1. The second kappa shape index (κ2) is 7.70. The molecule has 2 aromatic rings. The van der Waals surface area contributed by atoms with Crippen LogP contribution in [0.5, 0.6) is 0 Å². The van der Waals surface area contributed by atoms with E-state index in [1.807, 2.05) is 23.1 Å². The van der Waals surface area contributed by atoms with Crippen LogP contribution in [0.2, 0.25) is 0 Å². The van der Waals surface area contributed by atoms with Crippen molar-refractivity contribution in [2.24, 2.45) is 11.8 Å². The van der Waals surface area contributed by atoms with Gasteiger partial charge >= 0.3 is 0 Å². The Morgan fingerprint density at radius 2 is 1.75 bits per heavy atom.